The molecule has 0 aliphatic heterocycles. The number of benzene rings is 4. The summed E-state index contributed by atoms with van der Waals surface area (Å²) in [5.74, 6) is -0.0694. The molecular weight excluding hydrogens is 472 g/mol. The van der Waals surface area contributed by atoms with Gasteiger partial charge in [-0.25, -0.2) is 4.79 Å². The Labute approximate surface area is 222 Å². The monoisotopic (exact) mass is 502 g/mol. The predicted octanol–water partition coefficient (Wildman–Crippen LogP) is 7.52. The van der Waals surface area contributed by atoms with Crippen LogP contribution >= 0.6 is 0 Å². The smallest absolute Gasteiger partial charge is 0.337 e. The van der Waals surface area contributed by atoms with Gasteiger partial charge in [0.1, 0.15) is 0 Å². The maximum absolute atomic E-state index is 12.7. The zero-order valence-electron chi connectivity index (χ0n) is 21.8. The molecule has 0 saturated carbocycles. The van der Waals surface area contributed by atoms with Gasteiger partial charge in [-0.15, -0.1) is 0 Å². The number of anilines is 1. The average Bonchev–Trinajstić information content (AvgIpc) is 3.31. The molecule has 0 aliphatic rings. The predicted molar refractivity (Wildman–Crippen MR) is 153 cm³/mol. The van der Waals surface area contributed by atoms with Crippen LogP contribution in [0.5, 0.6) is 0 Å². The quantitative estimate of drug-likeness (QED) is 0.234. The van der Waals surface area contributed by atoms with E-state index in [9.17, 15) is 9.59 Å². The number of carbonyl (C=O) groups is 2. The zero-order valence-corrected chi connectivity index (χ0v) is 21.8. The van der Waals surface area contributed by atoms with Crippen molar-refractivity contribution in [3.63, 3.8) is 0 Å². The van der Waals surface area contributed by atoms with Crippen molar-refractivity contribution in [1.29, 1.82) is 0 Å². The summed E-state index contributed by atoms with van der Waals surface area (Å²) < 4.78 is 7.09. The fraction of sp³-hybridized carbons (Fsp3) is 0.152. The molecule has 1 N–H and O–H groups in total. The van der Waals surface area contributed by atoms with Gasteiger partial charge in [0.25, 0.3) is 5.91 Å². The van der Waals surface area contributed by atoms with Crippen LogP contribution in [0.25, 0.3) is 22.0 Å². The van der Waals surface area contributed by atoms with Gasteiger partial charge in [-0.2, -0.15) is 0 Å². The second-order valence-corrected chi connectivity index (χ2v) is 9.69. The summed E-state index contributed by atoms with van der Waals surface area (Å²) in [5, 5.41) is 4.05. The van der Waals surface area contributed by atoms with E-state index in [0.29, 0.717) is 23.6 Å². The molecule has 4 aromatic carbocycles. The van der Waals surface area contributed by atoms with Crippen molar-refractivity contribution in [2.75, 3.05) is 12.4 Å². The van der Waals surface area contributed by atoms with E-state index in [0.717, 1.165) is 33.3 Å². The topological polar surface area (TPSA) is 60.3 Å². The van der Waals surface area contributed by atoms with E-state index in [1.54, 1.807) is 6.07 Å². The molecule has 1 heterocycles. The van der Waals surface area contributed by atoms with E-state index in [-0.39, 0.29) is 11.9 Å². The molecule has 0 unspecified atom stereocenters. The number of hydrogen-bond donors (Lipinski definition) is 1. The Hall–Kier alpha value is -4.64. The Kier molecular flexibility index (Phi) is 7.09. The first-order valence-electron chi connectivity index (χ1n) is 12.7. The largest absolute Gasteiger partial charge is 0.465 e. The molecule has 0 spiro atoms. The minimum absolute atomic E-state index is 0.132. The van der Waals surface area contributed by atoms with Crippen molar-refractivity contribution >= 4 is 28.5 Å². The van der Waals surface area contributed by atoms with Crippen molar-refractivity contribution in [1.82, 2.24) is 4.57 Å². The third-order valence-electron chi connectivity index (χ3n) is 6.79. The molecule has 0 saturated heterocycles. The molecule has 5 nitrogen and oxygen atoms in total. The van der Waals surface area contributed by atoms with Crippen LogP contribution in [0.1, 0.15) is 51.6 Å². The minimum atomic E-state index is -0.361. The van der Waals surface area contributed by atoms with Crippen LogP contribution in [-0.2, 0) is 11.3 Å². The van der Waals surface area contributed by atoms with Gasteiger partial charge in [-0.3, -0.25) is 4.79 Å². The maximum atomic E-state index is 12.7. The summed E-state index contributed by atoms with van der Waals surface area (Å²) >= 11 is 0. The lowest BCUT2D eigenvalue weighted by molar-refractivity contribution is 0.0600. The van der Waals surface area contributed by atoms with Crippen molar-refractivity contribution in [2.24, 2.45) is 0 Å². The lowest BCUT2D eigenvalue weighted by Gasteiger charge is -2.10. The number of nitrogens with one attached hydrogen (secondary N) is 1. The molecule has 5 aromatic rings. The second kappa shape index (κ2) is 10.8. The highest BCUT2D eigenvalue weighted by Crippen LogP contribution is 2.32. The molecule has 0 radical (unpaired) electrons. The lowest BCUT2D eigenvalue weighted by Crippen LogP contribution is -2.12. The van der Waals surface area contributed by atoms with Crippen LogP contribution in [0.3, 0.4) is 0 Å². The molecule has 0 fully saturated rings. The lowest BCUT2D eigenvalue weighted by atomic mass is 10.0. The van der Waals surface area contributed by atoms with E-state index < -0.39 is 0 Å². The van der Waals surface area contributed by atoms with Crippen LogP contribution in [0.4, 0.5) is 5.69 Å². The number of nitrogens with zero attached hydrogens (tertiary/aromatic N) is 1. The third-order valence-corrected chi connectivity index (χ3v) is 6.79. The molecule has 0 aliphatic carbocycles. The number of methoxy groups -OCH3 is 1. The number of ether oxygens (including phenoxy) is 1. The van der Waals surface area contributed by atoms with Gasteiger partial charge >= 0.3 is 5.97 Å². The molecule has 0 atom stereocenters. The van der Waals surface area contributed by atoms with E-state index >= 15 is 0 Å². The fourth-order valence-corrected chi connectivity index (χ4v) is 4.63. The Morgan fingerprint density at radius 2 is 1.53 bits per heavy atom. The van der Waals surface area contributed by atoms with E-state index in [1.807, 2.05) is 78.9 Å². The first-order chi connectivity index (χ1) is 18.4. The normalized spacial score (nSPS) is 11.1. The van der Waals surface area contributed by atoms with E-state index in [2.05, 4.69) is 42.1 Å². The number of amides is 1. The minimum Gasteiger partial charge on any atom is -0.465 e. The molecule has 5 heteroatoms. The summed E-state index contributed by atoms with van der Waals surface area (Å²) in [4.78, 5) is 24.9. The fourth-order valence-electron chi connectivity index (χ4n) is 4.63. The molecule has 1 aromatic heterocycles. The van der Waals surface area contributed by atoms with E-state index in [4.69, 9.17) is 4.74 Å². The number of fused-ring (bicyclic) bond motifs is 1. The van der Waals surface area contributed by atoms with Crippen molar-refractivity contribution in [2.45, 2.75) is 26.3 Å². The molecule has 190 valence electrons. The Balaban J connectivity index is 1.39. The first kappa shape index (κ1) is 25.0. The summed E-state index contributed by atoms with van der Waals surface area (Å²) in [6.07, 6.45) is 2.12. The van der Waals surface area contributed by atoms with Crippen LogP contribution in [0.15, 0.2) is 103 Å². The SMILES string of the molecule is COC(=O)c1ccc2c(-c3ccccc3)cn(Cc3ccc(NC(=O)c4ccc(C(C)C)cc4)cc3)c2c1. The van der Waals surface area contributed by atoms with Crippen LogP contribution in [0, 0.1) is 0 Å². The zero-order chi connectivity index (χ0) is 26.6. The highest BCUT2D eigenvalue weighted by atomic mass is 16.5. The highest BCUT2D eigenvalue weighted by Gasteiger charge is 2.14. The molecule has 1 amide bonds. The number of rotatable bonds is 7. The van der Waals surface area contributed by atoms with Gasteiger partial charge in [0.2, 0.25) is 0 Å². The second-order valence-electron chi connectivity index (χ2n) is 9.69. The molecule has 0 bridgehead atoms. The van der Waals surface area contributed by atoms with Gasteiger partial charge < -0.3 is 14.6 Å². The summed E-state index contributed by atoms with van der Waals surface area (Å²) in [6.45, 7) is 4.88. The first-order valence-corrected chi connectivity index (χ1v) is 12.7. The Bertz CT molecular complexity index is 1580. The average molecular weight is 503 g/mol. The van der Waals surface area contributed by atoms with Crippen LogP contribution in [0.2, 0.25) is 0 Å². The van der Waals surface area contributed by atoms with Crippen molar-refractivity contribution in [3.05, 3.63) is 126 Å². The van der Waals surface area contributed by atoms with Gasteiger partial charge in [0.05, 0.1) is 12.7 Å². The van der Waals surface area contributed by atoms with Gasteiger partial charge in [-0.05, 0) is 59.0 Å². The van der Waals surface area contributed by atoms with Gasteiger partial charge in [-0.1, -0.05) is 74.5 Å². The standard InChI is InChI=1S/C33H30N2O3/c1-22(2)24-11-13-26(14-12-24)32(36)34-28-16-9-23(10-17-28)20-35-21-30(25-7-5-4-6-8-25)29-18-15-27(19-31(29)35)33(37)38-3/h4-19,21-22H,20H2,1-3H3,(H,34,36). The summed E-state index contributed by atoms with van der Waals surface area (Å²) in [6, 6.07) is 31.5. The van der Waals surface area contributed by atoms with Crippen molar-refractivity contribution in [3.8, 4) is 11.1 Å². The van der Waals surface area contributed by atoms with Crippen LogP contribution < -0.4 is 5.32 Å². The summed E-state index contributed by atoms with van der Waals surface area (Å²) in [5.41, 5.74) is 7.33. The van der Waals surface area contributed by atoms with Crippen LogP contribution in [-0.4, -0.2) is 23.6 Å². The Morgan fingerprint density at radius 3 is 2.18 bits per heavy atom. The highest BCUT2D eigenvalue weighted by molar-refractivity contribution is 6.04. The summed E-state index contributed by atoms with van der Waals surface area (Å²) in [7, 11) is 1.39. The van der Waals surface area contributed by atoms with Crippen molar-refractivity contribution < 1.29 is 14.3 Å². The number of aromatic nitrogens is 1. The third kappa shape index (κ3) is 5.23. The van der Waals surface area contributed by atoms with Gasteiger partial charge in [0, 0.05) is 40.5 Å². The van der Waals surface area contributed by atoms with E-state index in [1.165, 1.54) is 12.7 Å². The molecule has 38 heavy (non-hydrogen) atoms. The molecular formula is C33H30N2O3. The number of hydrogen-bond acceptors (Lipinski definition) is 3. The number of carbonyl (C=O) groups excluding carboxylic acids is 2. The maximum Gasteiger partial charge on any atom is 0.337 e. The van der Waals surface area contributed by atoms with Gasteiger partial charge in [0.15, 0.2) is 0 Å². The molecule has 5 rings (SSSR count). The Morgan fingerprint density at radius 1 is 0.842 bits per heavy atom. The number of esters is 1.